The second-order valence-corrected chi connectivity index (χ2v) is 5.93. The van der Waals surface area contributed by atoms with Crippen LogP contribution in [0.25, 0.3) is 0 Å². The van der Waals surface area contributed by atoms with Gasteiger partial charge in [0.15, 0.2) is 0 Å². The summed E-state index contributed by atoms with van der Waals surface area (Å²) in [4.78, 5) is 11.6. The summed E-state index contributed by atoms with van der Waals surface area (Å²) in [7, 11) is 0. The van der Waals surface area contributed by atoms with E-state index >= 15 is 0 Å². The number of nitrogens with one attached hydrogen (secondary N) is 1. The first-order valence-corrected chi connectivity index (χ1v) is 7.99. The molecule has 0 fully saturated rings. The van der Waals surface area contributed by atoms with E-state index in [4.69, 9.17) is 0 Å². The molecule has 1 amide bonds. The molecule has 0 saturated carbocycles. The van der Waals surface area contributed by atoms with Crippen LogP contribution in [0, 0.1) is 5.82 Å². The average Bonchev–Trinajstić information content (AvgIpc) is 2.39. The molecular formula is C15H22FNO2S. The minimum Gasteiger partial charge on any atom is -0.388 e. The fourth-order valence-electron chi connectivity index (χ4n) is 1.84. The standard InChI is InChI=1S/C15H22FNO2S/c1-3-8-20-10-15(19)17-11(2)9-14(18)12-4-6-13(16)7-5-12/h4-7,11,14,18H,3,8-10H2,1-2H3,(H,17,19). The first-order chi connectivity index (χ1) is 9.52. The minimum absolute atomic E-state index is 0.0118. The molecule has 20 heavy (non-hydrogen) atoms. The molecule has 0 bridgehead atoms. The van der Waals surface area contributed by atoms with Gasteiger partial charge in [-0.2, -0.15) is 11.8 Å². The number of hydrogen-bond acceptors (Lipinski definition) is 3. The largest absolute Gasteiger partial charge is 0.388 e. The van der Waals surface area contributed by atoms with Gasteiger partial charge in [0, 0.05) is 6.04 Å². The van der Waals surface area contributed by atoms with E-state index in [1.54, 1.807) is 23.9 Å². The number of aliphatic hydroxyl groups excluding tert-OH is 1. The molecule has 0 aromatic heterocycles. The van der Waals surface area contributed by atoms with Crippen LogP contribution in [0.15, 0.2) is 24.3 Å². The smallest absolute Gasteiger partial charge is 0.230 e. The third kappa shape index (κ3) is 6.39. The van der Waals surface area contributed by atoms with Crippen molar-refractivity contribution < 1.29 is 14.3 Å². The van der Waals surface area contributed by atoms with Crippen molar-refractivity contribution in [2.24, 2.45) is 0 Å². The molecule has 0 saturated heterocycles. The van der Waals surface area contributed by atoms with Crippen molar-refractivity contribution in [1.82, 2.24) is 5.32 Å². The Kier molecular flexibility index (Phi) is 7.62. The summed E-state index contributed by atoms with van der Waals surface area (Å²) in [6.07, 6.45) is 0.765. The fraction of sp³-hybridized carbons (Fsp3) is 0.533. The highest BCUT2D eigenvalue weighted by Gasteiger charge is 2.14. The topological polar surface area (TPSA) is 49.3 Å². The predicted octanol–water partition coefficient (Wildman–Crippen LogP) is 2.90. The highest BCUT2D eigenvalue weighted by molar-refractivity contribution is 7.99. The van der Waals surface area contributed by atoms with Gasteiger partial charge in [-0.25, -0.2) is 4.39 Å². The quantitative estimate of drug-likeness (QED) is 0.726. The van der Waals surface area contributed by atoms with Gasteiger partial charge in [-0.3, -0.25) is 4.79 Å². The Morgan fingerprint density at radius 3 is 2.65 bits per heavy atom. The third-order valence-corrected chi connectivity index (χ3v) is 3.98. The van der Waals surface area contributed by atoms with Crippen LogP contribution in [0.4, 0.5) is 4.39 Å². The highest BCUT2D eigenvalue weighted by Crippen LogP contribution is 2.18. The zero-order valence-corrected chi connectivity index (χ0v) is 12.8. The number of aliphatic hydroxyl groups is 1. The van der Waals surface area contributed by atoms with Crippen LogP contribution < -0.4 is 5.32 Å². The molecule has 0 aliphatic carbocycles. The van der Waals surface area contributed by atoms with E-state index in [0.717, 1.165) is 12.2 Å². The van der Waals surface area contributed by atoms with Gasteiger partial charge in [0.2, 0.25) is 5.91 Å². The molecule has 1 rings (SSSR count). The molecule has 1 aromatic carbocycles. The Balaban J connectivity index is 2.35. The average molecular weight is 299 g/mol. The first kappa shape index (κ1) is 17.0. The Hall–Kier alpha value is -1.07. The number of rotatable bonds is 8. The van der Waals surface area contributed by atoms with Gasteiger partial charge in [0.05, 0.1) is 11.9 Å². The fourth-order valence-corrected chi connectivity index (χ4v) is 2.54. The number of hydrogen-bond donors (Lipinski definition) is 2. The molecule has 0 heterocycles. The summed E-state index contributed by atoms with van der Waals surface area (Å²) in [5, 5.41) is 12.9. The van der Waals surface area contributed by atoms with Gasteiger partial charge in [-0.1, -0.05) is 19.1 Å². The highest BCUT2D eigenvalue weighted by atomic mass is 32.2. The molecular weight excluding hydrogens is 277 g/mol. The number of benzene rings is 1. The van der Waals surface area contributed by atoms with E-state index < -0.39 is 6.10 Å². The van der Waals surface area contributed by atoms with Crippen LogP contribution in [0.3, 0.4) is 0 Å². The molecule has 2 N–H and O–H groups in total. The Labute approximate surface area is 124 Å². The van der Waals surface area contributed by atoms with Crippen molar-refractivity contribution in [1.29, 1.82) is 0 Å². The number of amides is 1. The van der Waals surface area contributed by atoms with E-state index in [1.165, 1.54) is 12.1 Å². The third-order valence-electron chi connectivity index (χ3n) is 2.82. The predicted molar refractivity (Wildman–Crippen MR) is 81.2 cm³/mol. The van der Waals surface area contributed by atoms with Gasteiger partial charge < -0.3 is 10.4 Å². The lowest BCUT2D eigenvalue weighted by atomic mass is 10.0. The normalized spacial score (nSPS) is 13.8. The molecule has 2 unspecified atom stereocenters. The number of carbonyl (C=O) groups excluding carboxylic acids is 1. The number of thioether (sulfide) groups is 1. The van der Waals surface area contributed by atoms with E-state index in [-0.39, 0.29) is 17.8 Å². The molecule has 2 atom stereocenters. The number of carbonyl (C=O) groups is 1. The van der Waals surface area contributed by atoms with Gasteiger partial charge >= 0.3 is 0 Å². The summed E-state index contributed by atoms with van der Waals surface area (Å²) in [5.74, 6) is 1.09. The maximum atomic E-state index is 12.8. The van der Waals surface area contributed by atoms with Gasteiger partial charge in [-0.15, -0.1) is 0 Å². The molecule has 0 aliphatic rings. The van der Waals surface area contributed by atoms with Crippen LogP contribution in [0.5, 0.6) is 0 Å². The number of halogens is 1. The minimum atomic E-state index is -0.700. The molecule has 1 aromatic rings. The lowest BCUT2D eigenvalue weighted by Gasteiger charge is -2.18. The summed E-state index contributed by atoms with van der Waals surface area (Å²) >= 11 is 1.60. The lowest BCUT2D eigenvalue weighted by Crippen LogP contribution is -2.35. The second-order valence-electron chi connectivity index (χ2n) is 4.82. The molecule has 5 heteroatoms. The van der Waals surface area contributed by atoms with Crippen LogP contribution in [-0.2, 0) is 4.79 Å². The first-order valence-electron chi connectivity index (χ1n) is 6.83. The summed E-state index contributed by atoms with van der Waals surface area (Å²) in [5.41, 5.74) is 0.660. The van der Waals surface area contributed by atoms with E-state index in [9.17, 15) is 14.3 Å². The summed E-state index contributed by atoms with van der Waals surface area (Å²) < 4.78 is 12.8. The van der Waals surface area contributed by atoms with Gasteiger partial charge in [0.25, 0.3) is 0 Å². The van der Waals surface area contributed by atoms with Crippen molar-refractivity contribution in [3.8, 4) is 0 Å². The van der Waals surface area contributed by atoms with Crippen molar-refractivity contribution in [2.45, 2.75) is 38.8 Å². The zero-order chi connectivity index (χ0) is 15.0. The second kappa shape index (κ2) is 8.97. The Bertz CT molecular complexity index is 411. The Morgan fingerprint density at radius 2 is 2.05 bits per heavy atom. The maximum Gasteiger partial charge on any atom is 0.230 e. The monoisotopic (exact) mass is 299 g/mol. The maximum absolute atomic E-state index is 12.8. The van der Waals surface area contributed by atoms with E-state index in [0.29, 0.717) is 17.7 Å². The van der Waals surface area contributed by atoms with Crippen molar-refractivity contribution in [3.05, 3.63) is 35.6 Å². The van der Waals surface area contributed by atoms with Crippen LogP contribution in [-0.4, -0.2) is 28.6 Å². The zero-order valence-electron chi connectivity index (χ0n) is 11.9. The molecule has 3 nitrogen and oxygen atoms in total. The van der Waals surface area contributed by atoms with Crippen LogP contribution in [0.1, 0.15) is 38.4 Å². The van der Waals surface area contributed by atoms with Gasteiger partial charge in [0.1, 0.15) is 5.82 Å². The van der Waals surface area contributed by atoms with E-state index in [1.807, 2.05) is 6.92 Å². The van der Waals surface area contributed by atoms with Crippen molar-refractivity contribution in [2.75, 3.05) is 11.5 Å². The van der Waals surface area contributed by atoms with Crippen molar-refractivity contribution >= 4 is 17.7 Å². The molecule has 0 spiro atoms. The Morgan fingerprint density at radius 1 is 1.40 bits per heavy atom. The van der Waals surface area contributed by atoms with Gasteiger partial charge in [-0.05, 0) is 43.2 Å². The van der Waals surface area contributed by atoms with Crippen molar-refractivity contribution in [3.63, 3.8) is 0 Å². The summed E-state index contributed by atoms with van der Waals surface area (Å²) in [6, 6.07) is 5.65. The van der Waals surface area contributed by atoms with E-state index in [2.05, 4.69) is 12.2 Å². The van der Waals surface area contributed by atoms with Crippen LogP contribution >= 0.6 is 11.8 Å². The molecule has 0 radical (unpaired) electrons. The molecule has 0 aliphatic heterocycles. The lowest BCUT2D eigenvalue weighted by molar-refractivity contribution is -0.119. The molecule has 112 valence electrons. The SMILES string of the molecule is CCCSCC(=O)NC(C)CC(O)c1ccc(F)cc1. The summed E-state index contributed by atoms with van der Waals surface area (Å²) in [6.45, 7) is 3.93. The van der Waals surface area contributed by atoms with Crippen LogP contribution in [0.2, 0.25) is 0 Å².